The first kappa shape index (κ1) is 13.9. The maximum Gasteiger partial charge on any atom is 0.187 e. The van der Waals surface area contributed by atoms with Gasteiger partial charge in [-0.25, -0.2) is 9.97 Å². The zero-order valence-electron chi connectivity index (χ0n) is 12.3. The highest BCUT2D eigenvalue weighted by Gasteiger charge is 2.14. The van der Waals surface area contributed by atoms with Crippen LogP contribution in [0.5, 0.6) is 0 Å². The zero-order valence-corrected chi connectivity index (χ0v) is 13.1. The Morgan fingerprint density at radius 1 is 1.14 bits per heavy atom. The van der Waals surface area contributed by atoms with E-state index in [1.807, 2.05) is 51.1 Å². The molecule has 2 aromatic heterocycles. The van der Waals surface area contributed by atoms with Crippen molar-refractivity contribution in [2.45, 2.75) is 27.2 Å². The fraction of sp³-hybridized carbons (Fsp3) is 0.235. The van der Waals surface area contributed by atoms with E-state index in [-0.39, 0.29) is 5.78 Å². The first-order valence-electron chi connectivity index (χ1n) is 6.87. The lowest BCUT2D eigenvalue weighted by Crippen LogP contribution is -2.06. The molecular formula is C17H16N2OS. The second-order valence-corrected chi connectivity index (χ2v) is 6.48. The summed E-state index contributed by atoms with van der Waals surface area (Å²) >= 11 is 1.59. The average Bonchev–Trinajstić information content (AvgIpc) is 2.77. The van der Waals surface area contributed by atoms with Gasteiger partial charge < -0.3 is 0 Å². The van der Waals surface area contributed by atoms with Crippen molar-refractivity contribution in [1.29, 1.82) is 0 Å². The quantitative estimate of drug-likeness (QED) is 0.685. The first-order chi connectivity index (χ1) is 10.0. The largest absolute Gasteiger partial charge is 0.292 e. The molecule has 0 N–H and O–H groups in total. The molecule has 0 radical (unpaired) electrons. The van der Waals surface area contributed by atoms with Crippen LogP contribution in [0.4, 0.5) is 0 Å². The number of benzene rings is 1. The first-order valence-corrected chi connectivity index (χ1v) is 7.69. The Kier molecular flexibility index (Phi) is 3.55. The molecule has 0 saturated heterocycles. The molecule has 0 bridgehead atoms. The van der Waals surface area contributed by atoms with Crippen LogP contribution in [0, 0.1) is 20.8 Å². The van der Waals surface area contributed by atoms with E-state index >= 15 is 0 Å². The van der Waals surface area contributed by atoms with Crippen molar-refractivity contribution in [2.75, 3.05) is 0 Å². The fourth-order valence-corrected chi connectivity index (χ4v) is 3.27. The van der Waals surface area contributed by atoms with Crippen LogP contribution < -0.4 is 0 Å². The number of rotatable bonds is 3. The third-order valence-electron chi connectivity index (χ3n) is 3.59. The third-order valence-corrected chi connectivity index (χ3v) is 4.67. The van der Waals surface area contributed by atoms with Crippen molar-refractivity contribution >= 4 is 28.0 Å². The smallest absolute Gasteiger partial charge is 0.187 e. The van der Waals surface area contributed by atoms with Crippen LogP contribution in [0.25, 0.3) is 10.9 Å². The summed E-state index contributed by atoms with van der Waals surface area (Å²) in [6.07, 6.45) is 0.324. The number of fused-ring (bicyclic) bond motifs is 1. The van der Waals surface area contributed by atoms with Crippen LogP contribution in [0.15, 0.2) is 30.3 Å². The summed E-state index contributed by atoms with van der Waals surface area (Å²) in [5.74, 6) is 0.0256. The number of para-hydroxylation sites is 1. The molecule has 21 heavy (non-hydrogen) atoms. The molecule has 0 spiro atoms. The predicted octanol–water partition coefficient (Wildman–Crippen LogP) is 4.04. The van der Waals surface area contributed by atoms with Crippen molar-refractivity contribution in [2.24, 2.45) is 0 Å². The number of hydrogen-bond acceptors (Lipinski definition) is 4. The minimum Gasteiger partial charge on any atom is -0.292 e. The van der Waals surface area contributed by atoms with Crippen LogP contribution in [-0.4, -0.2) is 15.8 Å². The Bertz CT molecular complexity index is 816. The van der Waals surface area contributed by atoms with Gasteiger partial charge in [0.15, 0.2) is 5.78 Å². The van der Waals surface area contributed by atoms with E-state index in [1.165, 1.54) is 4.88 Å². The lowest BCUT2D eigenvalue weighted by molar-refractivity contribution is 0.0988. The van der Waals surface area contributed by atoms with Crippen LogP contribution in [0.1, 0.15) is 31.6 Å². The number of pyridine rings is 1. The number of thiazole rings is 1. The SMILES string of the molecule is Cc1nc(CC(=O)c2cc(C)c3ccccc3n2)sc1C. The molecule has 3 aromatic rings. The molecule has 0 fully saturated rings. The molecule has 0 atom stereocenters. The van der Waals surface area contributed by atoms with Crippen molar-refractivity contribution in [3.8, 4) is 0 Å². The van der Waals surface area contributed by atoms with Gasteiger partial charge in [0.2, 0.25) is 0 Å². The summed E-state index contributed by atoms with van der Waals surface area (Å²) in [6, 6.07) is 9.77. The van der Waals surface area contributed by atoms with Gasteiger partial charge in [-0.05, 0) is 38.5 Å². The van der Waals surface area contributed by atoms with Gasteiger partial charge in [0.05, 0.1) is 17.6 Å². The number of ketones is 1. The third kappa shape index (κ3) is 2.72. The number of carbonyl (C=O) groups is 1. The van der Waals surface area contributed by atoms with Gasteiger partial charge in [0.25, 0.3) is 0 Å². The second-order valence-electron chi connectivity index (χ2n) is 5.19. The highest BCUT2D eigenvalue weighted by molar-refractivity contribution is 7.11. The molecule has 0 unspecified atom stereocenters. The number of aryl methyl sites for hydroxylation is 3. The van der Waals surface area contributed by atoms with Crippen LogP contribution in [-0.2, 0) is 6.42 Å². The number of carbonyl (C=O) groups excluding carboxylic acids is 1. The molecular weight excluding hydrogens is 280 g/mol. The zero-order chi connectivity index (χ0) is 15.0. The van der Waals surface area contributed by atoms with Gasteiger partial charge in [-0.1, -0.05) is 18.2 Å². The monoisotopic (exact) mass is 296 g/mol. The Hall–Kier alpha value is -2.07. The molecule has 4 heteroatoms. The average molecular weight is 296 g/mol. The second kappa shape index (κ2) is 5.37. The van der Waals surface area contributed by atoms with Gasteiger partial charge in [0.1, 0.15) is 10.7 Å². The lowest BCUT2D eigenvalue weighted by Gasteiger charge is -2.05. The topological polar surface area (TPSA) is 42.9 Å². The maximum absolute atomic E-state index is 12.4. The molecule has 0 saturated carbocycles. The fourth-order valence-electron chi connectivity index (χ4n) is 2.33. The van der Waals surface area contributed by atoms with E-state index in [1.54, 1.807) is 11.3 Å². The van der Waals surface area contributed by atoms with E-state index in [2.05, 4.69) is 9.97 Å². The number of Topliss-reactive ketones (excluding diaryl/α,β-unsaturated/α-hetero) is 1. The van der Waals surface area contributed by atoms with Crippen LogP contribution in [0.2, 0.25) is 0 Å². The van der Waals surface area contributed by atoms with Crippen molar-refractivity contribution in [1.82, 2.24) is 9.97 Å². The van der Waals surface area contributed by atoms with E-state index in [9.17, 15) is 4.79 Å². The van der Waals surface area contributed by atoms with Gasteiger partial charge in [0, 0.05) is 10.3 Å². The minimum atomic E-state index is 0.0256. The summed E-state index contributed by atoms with van der Waals surface area (Å²) in [4.78, 5) is 22.5. The summed E-state index contributed by atoms with van der Waals surface area (Å²) < 4.78 is 0. The van der Waals surface area contributed by atoms with Gasteiger partial charge in [-0.3, -0.25) is 4.79 Å². The Morgan fingerprint density at radius 3 is 2.62 bits per heavy atom. The van der Waals surface area contributed by atoms with Gasteiger partial charge in [-0.2, -0.15) is 0 Å². The highest BCUT2D eigenvalue weighted by atomic mass is 32.1. The van der Waals surface area contributed by atoms with Gasteiger partial charge >= 0.3 is 0 Å². The van der Waals surface area contributed by atoms with Crippen LogP contribution in [0.3, 0.4) is 0 Å². The molecule has 106 valence electrons. The normalized spacial score (nSPS) is 11.0. The molecule has 0 amide bonds. The number of aromatic nitrogens is 2. The van der Waals surface area contributed by atoms with E-state index in [4.69, 9.17) is 0 Å². The summed E-state index contributed by atoms with van der Waals surface area (Å²) in [7, 11) is 0. The van der Waals surface area contributed by atoms with Crippen molar-refractivity contribution in [3.63, 3.8) is 0 Å². The Labute approximate surface area is 127 Å². The molecule has 3 rings (SSSR count). The molecule has 3 nitrogen and oxygen atoms in total. The molecule has 0 aliphatic heterocycles. The van der Waals surface area contributed by atoms with Crippen LogP contribution >= 0.6 is 11.3 Å². The maximum atomic E-state index is 12.4. The molecule has 2 heterocycles. The highest BCUT2D eigenvalue weighted by Crippen LogP contribution is 2.20. The number of nitrogens with zero attached hydrogens (tertiary/aromatic N) is 2. The molecule has 0 aliphatic rings. The summed E-state index contributed by atoms with van der Waals surface area (Å²) in [6.45, 7) is 6.01. The van der Waals surface area contributed by atoms with Crippen molar-refractivity contribution in [3.05, 3.63) is 57.2 Å². The van der Waals surface area contributed by atoms with E-state index in [0.29, 0.717) is 12.1 Å². The van der Waals surface area contributed by atoms with Gasteiger partial charge in [-0.15, -0.1) is 11.3 Å². The Balaban J connectivity index is 1.94. The standard InChI is InChI=1S/C17H16N2OS/c1-10-8-15(19-14-7-5-4-6-13(10)14)16(20)9-17-18-11(2)12(3)21-17/h4-8H,9H2,1-3H3. The Morgan fingerprint density at radius 2 is 1.90 bits per heavy atom. The molecule has 0 aliphatic carbocycles. The summed E-state index contributed by atoms with van der Waals surface area (Å²) in [5, 5.41) is 1.96. The lowest BCUT2D eigenvalue weighted by atomic mass is 10.1. The van der Waals surface area contributed by atoms with E-state index < -0.39 is 0 Å². The van der Waals surface area contributed by atoms with E-state index in [0.717, 1.165) is 27.2 Å². The predicted molar refractivity (Wildman–Crippen MR) is 86.1 cm³/mol. The van der Waals surface area contributed by atoms with Crippen molar-refractivity contribution < 1.29 is 4.79 Å². The molecule has 1 aromatic carbocycles. The minimum absolute atomic E-state index is 0.0256. The summed E-state index contributed by atoms with van der Waals surface area (Å²) in [5.41, 5.74) is 3.48. The number of hydrogen-bond donors (Lipinski definition) is 0.